The van der Waals surface area contributed by atoms with E-state index in [-0.39, 0.29) is 6.10 Å². The lowest BCUT2D eigenvalue weighted by Crippen LogP contribution is -2.46. The van der Waals surface area contributed by atoms with Gasteiger partial charge in [0.1, 0.15) is 0 Å². The van der Waals surface area contributed by atoms with E-state index in [2.05, 4.69) is 50.3 Å². The Kier molecular flexibility index (Phi) is 7.11. The predicted molar refractivity (Wildman–Crippen MR) is 132 cm³/mol. The number of aliphatic hydroxyl groups excluding tert-OH is 1. The maximum atomic E-state index is 10.3. The van der Waals surface area contributed by atoms with Gasteiger partial charge < -0.3 is 5.11 Å². The minimum absolute atomic E-state index is 0.0628. The Morgan fingerprint density at radius 2 is 1.86 bits per heavy atom. The Balaban J connectivity index is 1.51. The lowest BCUT2D eigenvalue weighted by Gasteiger charge is -2.54. The highest BCUT2D eigenvalue weighted by atomic mass is 127. The molecule has 0 heterocycles. The fraction of sp³-hybridized carbons (Fsp3) is 0.926. The predicted octanol–water partition coefficient (Wildman–Crippen LogP) is 7.80. The van der Waals surface area contributed by atoms with Crippen LogP contribution in [0.3, 0.4) is 0 Å². The van der Waals surface area contributed by atoms with Crippen molar-refractivity contribution in [2.45, 2.75) is 104 Å². The second-order valence-electron chi connectivity index (χ2n) is 11.9. The first-order chi connectivity index (χ1) is 13.8. The molecule has 4 rings (SSSR count). The molecule has 8 atom stereocenters. The largest absolute Gasteiger partial charge is 0.393 e. The van der Waals surface area contributed by atoms with E-state index < -0.39 is 0 Å². The van der Waals surface area contributed by atoms with Gasteiger partial charge >= 0.3 is 0 Å². The van der Waals surface area contributed by atoms with Crippen molar-refractivity contribution in [3.8, 4) is 0 Å². The first kappa shape index (κ1) is 22.6. The molecule has 0 radical (unpaired) electrons. The minimum atomic E-state index is -0.0628. The third-order valence-corrected chi connectivity index (χ3v) is 11.0. The van der Waals surface area contributed by atoms with Crippen LogP contribution in [0.1, 0.15) is 98.3 Å². The normalized spacial score (nSPS) is 43.1. The van der Waals surface area contributed by atoms with E-state index in [0.717, 1.165) is 54.3 Å². The molecular formula is C27H45IO. The molecule has 2 saturated carbocycles. The van der Waals surface area contributed by atoms with Crippen LogP contribution in [-0.2, 0) is 0 Å². The number of rotatable bonds is 6. The van der Waals surface area contributed by atoms with Crippen molar-refractivity contribution in [3.63, 3.8) is 0 Å². The van der Waals surface area contributed by atoms with E-state index in [1.54, 1.807) is 5.57 Å². The highest BCUT2D eigenvalue weighted by Gasteiger charge is 2.56. The van der Waals surface area contributed by atoms with Crippen molar-refractivity contribution in [2.24, 2.45) is 46.8 Å². The monoisotopic (exact) mass is 512 g/mol. The Hall–Kier alpha value is 0.430. The van der Waals surface area contributed by atoms with Crippen molar-refractivity contribution >= 4 is 22.6 Å². The second-order valence-corrected chi connectivity index (χ2v) is 12.8. The van der Waals surface area contributed by atoms with E-state index in [4.69, 9.17) is 0 Å². The standard InChI is InChI=1S/C27H45IO/c1-17(2)6-5-7-18(3)25-10-11-26-24-14-19(16-28)23-15-20(29)8-9-21(23)22(24)12-13-27(25,26)4/h17-20,22,24-26,29H,5-16H2,1-4H3/t18?,19-,20-,22+,24+,25+,26-,27+/m0/s1. The SMILES string of the molecule is CC(C)CCCC(C)[C@H]1CC[C@H]2[C@@H]3C[C@@H](CI)C4=C(CC[C@H](O)C4)[C@H]3CC[C@]12C. The fourth-order valence-corrected chi connectivity index (χ4v) is 9.41. The third-order valence-electron chi connectivity index (χ3n) is 9.94. The first-order valence-corrected chi connectivity index (χ1v) is 14.3. The van der Waals surface area contributed by atoms with Crippen LogP contribution in [0.15, 0.2) is 11.1 Å². The molecule has 1 unspecified atom stereocenters. The van der Waals surface area contributed by atoms with Crippen molar-refractivity contribution in [1.82, 2.24) is 0 Å². The molecule has 2 heteroatoms. The number of halogens is 1. The molecule has 0 spiro atoms. The van der Waals surface area contributed by atoms with Crippen LogP contribution >= 0.6 is 22.6 Å². The van der Waals surface area contributed by atoms with Crippen LogP contribution < -0.4 is 0 Å². The molecule has 0 amide bonds. The zero-order valence-corrected chi connectivity index (χ0v) is 21.6. The molecule has 1 N–H and O–H groups in total. The van der Waals surface area contributed by atoms with Crippen LogP contribution in [-0.4, -0.2) is 15.6 Å². The zero-order valence-electron chi connectivity index (χ0n) is 19.4. The van der Waals surface area contributed by atoms with Crippen LogP contribution in [0.25, 0.3) is 0 Å². The summed E-state index contributed by atoms with van der Waals surface area (Å²) in [5.74, 6) is 6.25. The second kappa shape index (κ2) is 9.12. The summed E-state index contributed by atoms with van der Waals surface area (Å²) in [5.41, 5.74) is 4.14. The molecule has 0 aromatic carbocycles. The van der Waals surface area contributed by atoms with Gasteiger partial charge in [0.15, 0.2) is 0 Å². The van der Waals surface area contributed by atoms with E-state index in [1.807, 2.05) is 5.57 Å². The molecule has 0 saturated heterocycles. The van der Waals surface area contributed by atoms with E-state index in [9.17, 15) is 5.11 Å². The maximum Gasteiger partial charge on any atom is 0.0580 e. The lowest BCUT2D eigenvalue weighted by atomic mass is 9.51. The molecule has 166 valence electrons. The molecule has 1 nitrogen and oxygen atoms in total. The van der Waals surface area contributed by atoms with Crippen molar-refractivity contribution < 1.29 is 5.11 Å². The van der Waals surface area contributed by atoms with Crippen LogP contribution in [0.2, 0.25) is 0 Å². The quantitative estimate of drug-likeness (QED) is 0.219. The Morgan fingerprint density at radius 1 is 1.07 bits per heavy atom. The van der Waals surface area contributed by atoms with Gasteiger partial charge in [-0.3, -0.25) is 0 Å². The number of hydrogen-bond donors (Lipinski definition) is 1. The minimum Gasteiger partial charge on any atom is -0.393 e. The van der Waals surface area contributed by atoms with Gasteiger partial charge in [-0.05, 0) is 98.2 Å². The summed E-state index contributed by atoms with van der Waals surface area (Å²) in [6, 6.07) is 0. The number of hydrogen-bond acceptors (Lipinski definition) is 1. The summed E-state index contributed by atoms with van der Waals surface area (Å²) in [6.45, 7) is 10.0. The van der Waals surface area contributed by atoms with Gasteiger partial charge in [0, 0.05) is 4.43 Å². The highest BCUT2D eigenvalue weighted by Crippen LogP contribution is 2.65. The van der Waals surface area contributed by atoms with Gasteiger partial charge in [-0.2, -0.15) is 0 Å². The number of alkyl halides is 1. The van der Waals surface area contributed by atoms with Crippen molar-refractivity contribution in [3.05, 3.63) is 11.1 Å². The smallest absolute Gasteiger partial charge is 0.0580 e. The summed E-state index contributed by atoms with van der Waals surface area (Å²) in [7, 11) is 0. The van der Waals surface area contributed by atoms with Crippen LogP contribution in [0.5, 0.6) is 0 Å². The Morgan fingerprint density at radius 3 is 2.59 bits per heavy atom. The maximum absolute atomic E-state index is 10.3. The molecule has 0 bridgehead atoms. The Bertz CT molecular complexity index is 610. The fourth-order valence-electron chi connectivity index (χ4n) is 8.52. The summed E-state index contributed by atoms with van der Waals surface area (Å²) in [5, 5.41) is 10.3. The van der Waals surface area contributed by atoms with Gasteiger partial charge in [-0.1, -0.05) is 80.7 Å². The van der Waals surface area contributed by atoms with Crippen LogP contribution in [0.4, 0.5) is 0 Å². The summed E-state index contributed by atoms with van der Waals surface area (Å²) >= 11 is 2.63. The topological polar surface area (TPSA) is 20.2 Å². The molecule has 0 aromatic rings. The van der Waals surface area contributed by atoms with Gasteiger partial charge in [-0.25, -0.2) is 0 Å². The molecule has 2 fully saturated rings. The molecule has 4 aliphatic rings. The van der Waals surface area contributed by atoms with E-state index in [1.165, 1.54) is 62.2 Å². The summed E-state index contributed by atoms with van der Waals surface area (Å²) in [4.78, 5) is 0. The average Bonchev–Trinajstić information content (AvgIpc) is 3.04. The van der Waals surface area contributed by atoms with Crippen LogP contribution in [0, 0.1) is 46.8 Å². The van der Waals surface area contributed by atoms with Gasteiger partial charge in [0.25, 0.3) is 0 Å². The number of allylic oxidation sites excluding steroid dienone is 1. The Labute approximate surface area is 194 Å². The van der Waals surface area contributed by atoms with Gasteiger partial charge in [0.2, 0.25) is 0 Å². The van der Waals surface area contributed by atoms with Crippen molar-refractivity contribution in [2.75, 3.05) is 4.43 Å². The first-order valence-electron chi connectivity index (χ1n) is 12.8. The molecule has 0 aromatic heterocycles. The molecule has 29 heavy (non-hydrogen) atoms. The van der Waals surface area contributed by atoms with Crippen molar-refractivity contribution in [1.29, 1.82) is 0 Å². The molecule has 0 aliphatic heterocycles. The average molecular weight is 513 g/mol. The molecule has 4 aliphatic carbocycles. The van der Waals surface area contributed by atoms with E-state index in [0.29, 0.717) is 5.41 Å². The summed E-state index contributed by atoms with van der Waals surface area (Å²) in [6.07, 6.45) is 14.7. The number of aliphatic hydroxyl groups is 1. The molecular weight excluding hydrogens is 467 g/mol. The van der Waals surface area contributed by atoms with Gasteiger partial charge in [0.05, 0.1) is 6.10 Å². The summed E-state index contributed by atoms with van der Waals surface area (Å²) < 4.78 is 1.25. The van der Waals surface area contributed by atoms with Gasteiger partial charge in [-0.15, -0.1) is 0 Å². The van der Waals surface area contributed by atoms with E-state index >= 15 is 0 Å². The third kappa shape index (κ3) is 4.24. The number of fused-ring (bicyclic) bond motifs is 4. The zero-order chi connectivity index (χ0) is 20.8. The lowest BCUT2D eigenvalue weighted by molar-refractivity contribution is -0.0106. The highest BCUT2D eigenvalue weighted by molar-refractivity contribution is 14.1.